The summed E-state index contributed by atoms with van der Waals surface area (Å²) in [6, 6.07) is 16.0. The van der Waals surface area contributed by atoms with Gasteiger partial charge in [-0.25, -0.2) is 0 Å². The summed E-state index contributed by atoms with van der Waals surface area (Å²) in [6.07, 6.45) is 4.16. The summed E-state index contributed by atoms with van der Waals surface area (Å²) in [7, 11) is 4.25. The molecule has 1 aliphatic rings. The van der Waals surface area contributed by atoms with Crippen LogP contribution in [-0.4, -0.2) is 53.5 Å². The molecule has 4 rings (SSSR count). The highest BCUT2D eigenvalue weighted by Gasteiger charge is 2.30. The minimum Gasteiger partial charge on any atom is -0.353 e. The molecule has 0 bridgehead atoms. The average molecular weight is 544 g/mol. The summed E-state index contributed by atoms with van der Waals surface area (Å²) in [5, 5.41) is 10.4. The van der Waals surface area contributed by atoms with Gasteiger partial charge >= 0.3 is 11.8 Å². The van der Waals surface area contributed by atoms with Crippen LogP contribution < -0.4 is 10.6 Å². The Morgan fingerprint density at radius 3 is 2.49 bits per heavy atom. The highest BCUT2D eigenvalue weighted by atomic mass is 35.5. The largest absolute Gasteiger partial charge is 0.353 e. The molecule has 0 spiro atoms. The molecule has 1 heterocycles. The molecule has 2 N–H and O–H groups in total. The van der Waals surface area contributed by atoms with Crippen molar-refractivity contribution in [2.24, 2.45) is 5.92 Å². The predicted octanol–water partition coefficient (Wildman–Crippen LogP) is 5.14. The Hall–Kier alpha value is -2.94. The van der Waals surface area contributed by atoms with Crippen LogP contribution in [0.5, 0.6) is 0 Å². The number of hydrogen-bond donors (Lipinski definition) is 2. The molecule has 1 unspecified atom stereocenters. The summed E-state index contributed by atoms with van der Waals surface area (Å²) < 4.78 is 5.05. The van der Waals surface area contributed by atoms with E-state index in [0.717, 1.165) is 25.7 Å². The standard InChI is InChI=1S/C27H31Cl2N5O3/c1-34(2)24(17-6-4-3-5-7-17)18-8-11-20(12-9-18)31-23(35)14-15-30-26(36)27-32-25(33-37-27)21-13-10-19(28)16-22(21)29/h3-7,10,13,16,18,20,24H,8-9,11-12,14-15H2,1-2H3,(H,30,36)(H,31,35). The van der Waals surface area contributed by atoms with Crippen molar-refractivity contribution in [1.82, 2.24) is 25.7 Å². The molecule has 3 aromatic rings. The summed E-state index contributed by atoms with van der Waals surface area (Å²) >= 11 is 12.1. The van der Waals surface area contributed by atoms with Crippen molar-refractivity contribution in [3.63, 3.8) is 0 Å². The minimum absolute atomic E-state index is 0.0878. The molecule has 10 heteroatoms. The minimum atomic E-state index is -0.548. The van der Waals surface area contributed by atoms with E-state index >= 15 is 0 Å². The molecular formula is C27H31Cl2N5O3. The second-order valence-corrected chi connectivity index (χ2v) is 10.4. The smallest absolute Gasteiger partial charge is 0.316 e. The second kappa shape index (κ2) is 12.5. The maximum Gasteiger partial charge on any atom is 0.316 e. The number of benzene rings is 2. The fourth-order valence-corrected chi connectivity index (χ4v) is 5.48. The number of nitrogens with zero attached hydrogens (tertiary/aromatic N) is 3. The third-order valence-corrected chi connectivity index (χ3v) is 7.26. The van der Waals surface area contributed by atoms with Gasteiger partial charge in [-0.05, 0) is 69.5 Å². The third kappa shape index (κ3) is 7.09. The second-order valence-electron chi connectivity index (χ2n) is 9.55. The van der Waals surface area contributed by atoms with Crippen molar-refractivity contribution in [3.05, 3.63) is 70.0 Å². The van der Waals surface area contributed by atoms with Gasteiger partial charge < -0.3 is 20.1 Å². The quantitative estimate of drug-likeness (QED) is 0.387. The van der Waals surface area contributed by atoms with E-state index in [-0.39, 0.29) is 36.6 Å². The van der Waals surface area contributed by atoms with Crippen LogP contribution >= 0.6 is 23.2 Å². The van der Waals surface area contributed by atoms with Crippen LogP contribution in [0.3, 0.4) is 0 Å². The number of hydrogen-bond acceptors (Lipinski definition) is 6. The molecule has 2 amide bonds. The van der Waals surface area contributed by atoms with Crippen LogP contribution in [-0.2, 0) is 4.79 Å². The molecule has 0 radical (unpaired) electrons. The van der Waals surface area contributed by atoms with Crippen molar-refractivity contribution in [2.75, 3.05) is 20.6 Å². The topological polar surface area (TPSA) is 100 Å². The van der Waals surface area contributed by atoms with Crippen LogP contribution in [0.4, 0.5) is 0 Å². The highest BCUT2D eigenvalue weighted by molar-refractivity contribution is 6.36. The first-order chi connectivity index (χ1) is 17.8. The van der Waals surface area contributed by atoms with E-state index in [2.05, 4.69) is 64.0 Å². The highest BCUT2D eigenvalue weighted by Crippen LogP contribution is 2.37. The van der Waals surface area contributed by atoms with E-state index < -0.39 is 5.91 Å². The van der Waals surface area contributed by atoms with Gasteiger partial charge in [-0.1, -0.05) is 58.7 Å². The van der Waals surface area contributed by atoms with Crippen molar-refractivity contribution >= 4 is 35.0 Å². The molecule has 2 aromatic carbocycles. The maximum atomic E-state index is 12.5. The fraction of sp³-hybridized carbons (Fsp3) is 0.407. The first-order valence-corrected chi connectivity index (χ1v) is 13.2. The van der Waals surface area contributed by atoms with E-state index in [4.69, 9.17) is 27.7 Å². The molecule has 196 valence electrons. The number of amides is 2. The average Bonchev–Trinajstić information content (AvgIpc) is 3.36. The maximum absolute atomic E-state index is 12.5. The van der Waals surface area contributed by atoms with Crippen molar-refractivity contribution in [3.8, 4) is 11.4 Å². The zero-order chi connectivity index (χ0) is 26.4. The summed E-state index contributed by atoms with van der Waals surface area (Å²) in [5.41, 5.74) is 1.84. The number of carbonyl (C=O) groups is 2. The Balaban J connectivity index is 1.20. The first kappa shape index (κ1) is 27.1. The lowest BCUT2D eigenvalue weighted by Crippen LogP contribution is -2.41. The molecule has 0 aliphatic heterocycles. The SMILES string of the molecule is CN(C)C(c1ccccc1)C1CCC(NC(=O)CCNC(=O)c2nc(-c3ccc(Cl)cc3Cl)no2)CC1. The van der Waals surface area contributed by atoms with Crippen LogP contribution in [0, 0.1) is 5.92 Å². The van der Waals surface area contributed by atoms with E-state index in [1.54, 1.807) is 18.2 Å². The molecule has 1 atom stereocenters. The van der Waals surface area contributed by atoms with Crippen molar-refractivity contribution in [2.45, 2.75) is 44.2 Å². The van der Waals surface area contributed by atoms with Crippen molar-refractivity contribution in [1.29, 1.82) is 0 Å². The van der Waals surface area contributed by atoms with Gasteiger partial charge in [0.25, 0.3) is 0 Å². The number of halogens is 2. The van der Waals surface area contributed by atoms with E-state index in [1.807, 2.05) is 6.07 Å². The van der Waals surface area contributed by atoms with Crippen LogP contribution in [0.1, 0.15) is 54.4 Å². The number of nitrogens with one attached hydrogen (secondary N) is 2. The van der Waals surface area contributed by atoms with Gasteiger partial charge in [0, 0.05) is 35.6 Å². The number of carbonyl (C=O) groups excluding carboxylic acids is 2. The van der Waals surface area contributed by atoms with Gasteiger partial charge in [0.15, 0.2) is 0 Å². The number of rotatable bonds is 9. The third-order valence-electron chi connectivity index (χ3n) is 6.71. The first-order valence-electron chi connectivity index (χ1n) is 12.4. The Morgan fingerprint density at radius 1 is 1.08 bits per heavy atom. The molecule has 1 saturated carbocycles. The zero-order valence-corrected chi connectivity index (χ0v) is 22.4. The predicted molar refractivity (Wildman–Crippen MR) is 143 cm³/mol. The van der Waals surface area contributed by atoms with Gasteiger partial charge in [0.05, 0.1) is 5.02 Å². The molecule has 1 aliphatic carbocycles. The zero-order valence-electron chi connectivity index (χ0n) is 20.9. The van der Waals surface area contributed by atoms with Crippen LogP contribution in [0.25, 0.3) is 11.4 Å². The van der Waals surface area contributed by atoms with Crippen LogP contribution in [0.2, 0.25) is 10.0 Å². The molecular weight excluding hydrogens is 513 g/mol. The lowest BCUT2D eigenvalue weighted by molar-refractivity contribution is -0.122. The Morgan fingerprint density at radius 2 is 1.81 bits per heavy atom. The Labute approximate surface area is 226 Å². The molecule has 1 fully saturated rings. The van der Waals surface area contributed by atoms with Gasteiger partial charge in [-0.3, -0.25) is 9.59 Å². The monoisotopic (exact) mass is 543 g/mol. The summed E-state index contributed by atoms with van der Waals surface area (Å²) in [5.74, 6) is -0.104. The van der Waals surface area contributed by atoms with Gasteiger partial charge in [-0.2, -0.15) is 4.98 Å². The van der Waals surface area contributed by atoms with E-state index in [0.29, 0.717) is 27.6 Å². The fourth-order valence-electron chi connectivity index (χ4n) is 4.98. The molecule has 8 nitrogen and oxygen atoms in total. The lowest BCUT2D eigenvalue weighted by atomic mass is 9.78. The Kier molecular flexibility index (Phi) is 9.18. The molecule has 1 aromatic heterocycles. The van der Waals surface area contributed by atoms with Crippen LogP contribution in [0.15, 0.2) is 53.1 Å². The molecule has 37 heavy (non-hydrogen) atoms. The number of aromatic nitrogens is 2. The normalized spacial score (nSPS) is 18.4. The van der Waals surface area contributed by atoms with E-state index in [1.165, 1.54) is 5.56 Å². The summed E-state index contributed by atoms with van der Waals surface area (Å²) in [6.45, 7) is 0.163. The van der Waals surface area contributed by atoms with Gasteiger partial charge in [0.2, 0.25) is 11.7 Å². The Bertz CT molecular complexity index is 1210. The molecule has 0 saturated heterocycles. The van der Waals surface area contributed by atoms with Crippen molar-refractivity contribution < 1.29 is 14.1 Å². The lowest BCUT2D eigenvalue weighted by Gasteiger charge is -2.37. The van der Waals surface area contributed by atoms with Gasteiger partial charge in [-0.15, -0.1) is 0 Å². The van der Waals surface area contributed by atoms with Gasteiger partial charge in [0.1, 0.15) is 0 Å². The summed E-state index contributed by atoms with van der Waals surface area (Å²) in [4.78, 5) is 31.2. The van der Waals surface area contributed by atoms with E-state index in [9.17, 15) is 9.59 Å².